The summed E-state index contributed by atoms with van der Waals surface area (Å²) < 4.78 is 43.6. The summed E-state index contributed by atoms with van der Waals surface area (Å²) in [6, 6.07) is 7.87. The molecular formula is C23H29F3N4O2. The zero-order valence-electron chi connectivity index (χ0n) is 18.0. The summed E-state index contributed by atoms with van der Waals surface area (Å²) in [6.45, 7) is 9.62. The second-order valence-corrected chi connectivity index (χ2v) is 8.41. The Balaban J connectivity index is 1.50. The van der Waals surface area contributed by atoms with Crippen LogP contribution in [-0.4, -0.2) is 73.0 Å². The molecule has 1 amide bonds. The second-order valence-electron chi connectivity index (χ2n) is 8.41. The van der Waals surface area contributed by atoms with Gasteiger partial charge in [0.25, 0.3) is 0 Å². The maximum absolute atomic E-state index is 12.5. The number of ether oxygens (including phenoxy) is 1. The second kappa shape index (κ2) is 9.87. The van der Waals surface area contributed by atoms with Crippen LogP contribution in [0.2, 0.25) is 0 Å². The minimum atomic E-state index is -4.54. The Morgan fingerprint density at radius 1 is 1.28 bits per heavy atom. The van der Waals surface area contributed by atoms with Crippen LogP contribution in [0.25, 0.3) is 0 Å². The number of hydrogen-bond donors (Lipinski definition) is 1. The third kappa shape index (κ3) is 6.43. The number of allylic oxidation sites excluding steroid dienone is 1. The Morgan fingerprint density at radius 3 is 2.66 bits per heavy atom. The van der Waals surface area contributed by atoms with Gasteiger partial charge in [0.1, 0.15) is 6.61 Å². The molecule has 9 heteroatoms. The van der Waals surface area contributed by atoms with Crippen LogP contribution in [0.4, 0.5) is 18.9 Å². The van der Waals surface area contributed by atoms with Crippen molar-refractivity contribution in [3.8, 4) is 0 Å². The van der Waals surface area contributed by atoms with Crippen molar-refractivity contribution in [2.24, 2.45) is 4.99 Å². The van der Waals surface area contributed by atoms with E-state index in [9.17, 15) is 18.0 Å². The van der Waals surface area contributed by atoms with E-state index in [2.05, 4.69) is 29.1 Å². The highest BCUT2D eigenvalue weighted by atomic mass is 19.4. The average molecular weight is 451 g/mol. The SMILES string of the molecule is C=C(CN1CC2(CCN(CCc3cccc(N)c3)CC2)OCC1=O)/N=C\C(=C)C(F)(F)F. The van der Waals surface area contributed by atoms with Gasteiger partial charge in [0.2, 0.25) is 5.91 Å². The third-order valence-corrected chi connectivity index (χ3v) is 5.91. The lowest BCUT2D eigenvalue weighted by molar-refractivity contribution is -0.170. The highest BCUT2D eigenvalue weighted by Gasteiger charge is 2.42. The first-order chi connectivity index (χ1) is 15.1. The van der Waals surface area contributed by atoms with Crippen molar-refractivity contribution in [1.29, 1.82) is 0 Å². The molecule has 2 aliphatic rings. The van der Waals surface area contributed by atoms with E-state index in [0.717, 1.165) is 44.6 Å². The van der Waals surface area contributed by atoms with E-state index in [0.29, 0.717) is 12.8 Å². The van der Waals surface area contributed by atoms with Crippen LogP contribution in [0.5, 0.6) is 0 Å². The number of piperidine rings is 1. The number of hydrogen-bond acceptors (Lipinski definition) is 5. The van der Waals surface area contributed by atoms with Crippen LogP contribution < -0.4 is 5.73 Å². The van der Waals surface area contributed by atoms with E-state index in [4.69, 9.17) is 10.5 Å². The summed E-state index contributed by atoms with van der Waals surface area (Å²) in [6.07, 6.45) is -1.45. The predicted octanol–water partition coefficient (Wildman–Crippen LogP) is 3.21. The number of aliphatic imine (C=N–C) groups is 1. The van der Waals surface area contributed by atoms with Gasteiger partial charge in [-0.3, -0.25) is 9.79 Å². The molecule has 32 heavy (non-hydrogen) atoms. The quantitative estimate of drug-likeness (QED) is 0.512. The molecule has 0 atom stereocenters. The van der Waals surface area contributed by atoms with Crippen molar-refractivity contribution in [3.63, 3.8) is 0 Å². The van der Waals surface area contributed by atoms with E-state index in [1.54, 1.807) is 4.90 Å². The minimum Gasteiger partial charge on any atom is -0.399 e. The molecule has 2 aliphatic heterocycles. The number of benzene rings is 1. The summed E-state index contributed by atoms with van der Waals surface area (Å²) in [4.78, 5) is 20.0. The Morgan fingerprint density at radius 2 is 2.00 bits per heavy atom. The minimum absolute atomic E-state index is 0.0461. The fraction of sp³-hybridized carbons (Fsp3) is 0.478. The van der Waals surface area contributed by atoms with Crippen molar-refractivity contribution >= 4 is 17.8 Å². The summed E-state index contributed by atoms with van der Waals surface area (Å²) >= 11 is 0. The first-order valence-corrected chi connectivity index (χ1v) is 10.5. The summed E-state index contributed by atoms with van der Waals surface area (Å²) in [5.74, 6) is -0.217. The summed E-state index contributed by atoms with van der Waals surface area (Å²) in [7, 11) is 0. The number of alkyl halides is 3. The largest absolute Gasteiger partial charge is 0.417 e. The van der Waals surface area contributed by atoms with E-state index in [1.165, 1.54) is 5.56 Å². The molecule has 1 spiro atoms. The molecular weight excluding hydrogens is 421 g/mol. The lowest BCUT2D eigenvalue weighted by atomic mass is 9.89. The maximum Gasteiger partial charge on any atom is 0.417 e. The van der Waals surface area contributed by atoms with Gasteiger partial charge in [-0.15, -0.1) is 0 Å². The Hall–Kier alpha value is -2.65. The Labute approximate surface area is 186 Å². The number of amides is 1. The summed E-state index contributed by atoms with van der Waals surface area (Å²) in [5, 5.41) is 0. The molecule has 174 valence electrons. The van der Waals surface area contributed by atoms with Gasteiger partial charge in [0, 0.05) is 31.5 Å². The maximum atomic E-state index is 12.5. The average Bonchev–Trinajstić information content (AvgIpc) is 2.74. The van der Waals surface area contributed by atoms with Crippen LogP contribution in [0.1, 0.15) is 18.4 Å². The van der Waals surface area contributed by atoms with Crippen LogP contribution in [0, 0.1) is 0 Å². The zero-order valence-corrected chi connectivity index (χ0v) is 18.0. The first-order valence-electron chi connectivity index (χ1n) is 10.5. The molecule has 1 aromatic carbocycles. The third-order valence-electron chi connectivity index (χ3n) is 5.91. The number of likely N-dealkylation sites (tertiary alicyclic amines) is 1. The molecule has 2 N–H and O–H groups in total. The molecule has 0 saturated carbocycles. The lowest BCUT2D eigenvalue weighted by Crippen LogP contribution is -2.59. The van der Waals surface area contributed by atoms with Crippen molar-refractivity contribution in [1.82, 2.24) is 9.80 Å². The van der Waals surface area contributed by atoms with Gasteiger partial charge < -0.3 is 20.3 Å². The number of carbonyl (C=O) groups excluding carboxylic acids is 1. The molecule has 2 fully saturated rings. The number of rotatable bonds is 7. The predicted molar refractivity (Wildman–Crippen MR) is 118 cm³/mol. The molecule has 0 radical (unpaired) electrons. The number of anilines is 1. The van der Waals surface area contributed by atoms with Gasteiger partial charge in [-0.05, 0) is 37.0 Å². The molecule has 0 aromatic heterocycles. The number of carbonyl (C=O) groups is 1. The van der Waals surface area contributed by atoms with Gasteiger partial charge in [0.05, 0.1) is 30.0 Å². The molecule has 1 aromatic rings. The molecule has 2 saturated heterocycles. The van der Waals surface area contributed by atoms with Crippen molar-refractivity contribution in [2.75, 3.05) is 45.1 Å². The fourth-order valence-electron chi connectivity index (χ4n) is 3.96. The zero-order chi connectivity index (χ0) is 23.4. The number of nitrogens with zero attached hydrogens (tertiary/aromatic N) is 3. The van der Waals surface area contributed by atoms with Crippen molar-refractivity contribution in [3.05, 3.63) is 54.3 Å². The monoisotopic (exact) mass is 450 g/mol. The molecule has 6 nitrogen and oxygen atoms in total. The molecule has 0 bridgehead atoms. The fourth-order valence-corrected chi connectivity index (χ4v) is 3.96. The number of nitrogens with two attached hydrogens (primary N) is 1. The Bertz CT molecular complexity index is 889. The molecule has 0 aliphatic carbocycles. The number of nitrogen functional groups attached to an aromatic ring is 1. The van der Waals surface area contributed by atoms with Gasteiger partial charge in [0.15, 0.2) is 0 Å². The van der Waals surface area contributed by atoms with Crippen LogP contribution in [0.3, 0.4) is 0 Å². The highest BCUT2D eigenvalue weighted by molar-refractivity contribution is 5.81. The normalized spacial score (nSPS) is 19.6. The van der Waals surface area contributed by atoms with Crippen LogP contribution >= 0.6 is 0 Å². The number of morpholine rings is 1. The summed E-state index contributed by atoms with van der Waals surface area (Å²) in [5.41, 5.74) is 6.46. The van der Waals surface area contributed by atoms with Gasteiger partial charge in [-0.1, -0.05) is 25.3 Å². The molecule has 2 heterocycles. The van der Waals surface area contributed by atoms with E-state index in [1.807, 2.05) is 18.2 Å². The van der Waals surface area contributed by atoms with Crippen molar-refractivity contribution < 1.29 is 22.7 Å². The van der Waals surface area contributed by atoms with E-state index in [-0.39, 0.29) is 24.8 Å². The van der Waals surface area contributed by atoms with Gasteiger partial charge in [-0.2, -0.15) is 13.2 Å². The van der Waals surface area contributed by atoms with Crippen molar-refractivity contribution in [2.45, 2.75) is 31.0 Å². The molecule has 0 unspecified atom stereocenters. The van der Waals surface area contributed by atoms with E-state index < -0.39 is 17.4 Å². The Kier molecular flexibility index (Phi) is 7.40. The van der Waals surface area contributed by atoms with E-state index >= 15 is 0 Å². The van der Waals surface area contributed by atoms with Gasteiger partial charge >= 0.3 is 6.18 Å². The first kappa shape index (κ1) is 24.0. The van der Waals surface area contributed by atoms with Crippen LogP contribution in [0.15, 0.2) is 53.7 Å². The smallest absolute Gasteiger partial charge is 0.399 e. The lowest BCUT2D eigenvalue weighted by Gasteiger charge is -2.47. The van der Waals surface area contributed by atoms with Crippen LogP contribution in [-0.2, 0) is 16.0 Å². The molecule has 3 rings (SSSR count). The number of halogens is 3. The van der Waals surface area contributed by atoms with Gasteiger partial charge in [-0.25, -0.2) is 0 Å². The topological polar surface area (TPSA) is 71.2 Å². The standard InChI is InChI=1S/C23H29F3N4O2/c1-17(23(24,25)26)13-28-18(2)14-30-16-22(32-15-21(30)31)7-10-29(11-8-22)9-6-19-4-3-5-20(27)12-19/h3-5,12-13H,1-2,6-11,14-16,27H2/b28-13-. The highest BCUT2D eigenvalue weighted by Crippen LogP contribution is 2.31.